The van der Waals surface area contributed by atoms with Crippen molar-refractivity contribution >= 4 is 17.7 Å². The molecule has 1 N–H and O–H groups in total. The number of nitrogens with zero attached hydrogens (tertiary/aromatic N) is 1. The number of hydrogen-bond donors (Lipinski definition) is 1. The highest BCUT2D eigenvalue weighted by Gasteiger charge is 2.05. The van der Waals surface area contributed by atoms with Crippen molar-refractivity contribution in [1.82, 2.24) is 9.97 Å². The maximum absolute atomic E-state index is 12.2. The van der Waals surface area contributed by atoms with E-state index < -0.39 is 0 Å². The van der Waals surface area contributed by atoms with Gasteiger partial charge >= 0.3 is 5.97 Å². The van der Waals surface area contributed by atoms with Crippen molar-refractivity contribution in [2.24, 2.45) is 0 Å². The second kappa shape index (κ2) is 10.6. The van der Waals surface area contributed by atoms with Crippen LogP contribution in [0.15, 0.2) is 58.6 Å². The number of thioether (sulfide) groups is 1. The van der Waals surface area contributed by atoms with Crippen molar-refractivity contribution in [1.29, 1.82) is 0 Å². The highest BCUT2D eigenvalue weighted by molar-refractivity contribution is 7.99. The second-order valence-electron chi connectivity index (χ2n) is 5.98. The molecule has 6 heteroatoms. The van der Waals surface area contributed by atoms with E-state index in [0.29, 0.717) is 22.9 Å². The first-order valence-electron chi connectivity index (χ1n) is 8.68. The van der Waals surface area contributed by atoms with Crippen LogP contribution in [0.1, 0.15) is 32.6 Å². The number of hydrogen-bond acceptors (Lipinski definition) is 5. The molecule has 0 spiro atoms. The Morgan fingerprint density at radius 2 is 1.92 bits per heavy atom. The fourth-order valence-corrected chi connectivity index (χ4v) is 3.12. The molecule has 26 heavy (non-hydrogen) atoms. The number of ether oxygens (including phenoxy) is 1. The average molecular weight is 372 g/mol. The van der Waals surface area contributed by atoms with Crippen LogP contribution in [0.4, 0.5) is 0 Å². The summed E-state index contributed by atoms with van der Waals surface area (Å²) in [5, 5.41) is 0.644. The maximum atomic E-state index is 12.2. The van der Waals surface area contributed by atoms with E-state index in [1.807, 2.05) is 30.3 Å². The Morgan fingerprint density at radius 3 is 2.62 bits per heavy atom. The number of nitrogens with one attached hydrogen (secondary N) is 1. The van der Waals surface area contributed by atoms with Crippen LogP contribution in [0.25, 0.3) is 11.1 Å². The number of benzene rings is 1. The van der Waals surface area contributed by atoms with E-state index in [-0.39, 0.29) is 11.5 Å². The number of carbonyl (C=O) groups excluding carboxylic acids is 1. The van der Waals surface area contributed by atoms with Crippen molar-refractivity contribution < 1.29 is 9.53 Å². The van der Waals surface area contributed by atoms with Gasteiger partial charge in [-0.2, -0.15) is 0 Å². The SMILES string of the molecule is C=C(C)C(=O)OCCCCCCSc1ncc(-c2ccccc2)c(=O)[nH]1. The lowest BCUT2D eigenvalue weighted by Gasteiger charge is -2.05. The van der Waals surface area contributed by atoms with E-state index in [2.05, 4.69) is 16.5 Å². The van der Waals surface area contributed by atoms with E-state index in [1.165, 1.54) is 0 Å². The van der Waals surface area contributed by atoms with E-state index in [1.54, 1.807) is 24.9 Å². The molecule has 0 bridgehead atoms. The van der Waals surface area contributed by atoms with E-state index >= 15 is 0 Å². The first-order chi connectivity index (χ1) is 12.6. The Labute approximate surface area is 157 Å². The number of esters is 1. The lowest BCUT2D eigenvalue weighted by molar-refractivity contribution is -0.139. The number of unbranched alkanes of at least 4 members (excludes halogenated alkanes) is 3. The van der Waals surface area contributed by atoms with Crippen LogP contribution in [0.5, 0.6) is 0 Å². The summed E-state index contributed by atoms with van der Waals surface area (Å²) in [5.41, 5.74) is 1.76. The highest BCUT2D eigenvalue weighted by Crippen LogP contribution is 2.17. The van der Waals surface area contributed by atoms with Crippen LogP contribution in [0.2, 0.25) is 0 Å². The predicted octanol–water partition coefficient (Wildman–Crippen LogP) is 4.21. The Balaban J connectivity index is 1.66. The average Bonchev–Trinajstić information content (AvgIpc) is 2.64. The molecule has 138 valence electrons. The fraction of sp³-hybridized carbons (Fsp3) is 0.350. The number of carbonyl (C=O) groups is 1. The van der Waals surface area contributed by atoms with Gasteiger partial charge in [0.1, 0.15) is 0 Å². The summed E-state index contributed by atoms with van der Waals surface area (Å²) in [5.74, 6) is 0.564. The monoisotopic (exact) mass is 372 g/mol. The first-order valence-corrected chi connectivity index (χ1v) is 9.66. The topological polar surface area (TPSA) is 72.0 Å². The molecule has 2 rings (SSSR count). The summed E-state index contributed by atoms with van der Waals surface area (Å²) in [4.78, 5) is 30.6. The molecule has 0 fully saturated rings. The summed E-state index contributed by atoms with van der Waals surface area (Å²) in [6, 6.07) is 9.51. The third-order valence-electron chi connectivity index (χ3n) is 3.72. The molecule has 1 heterocycles. The van der Waals surface area contributed by atoms with Gasteiger partial charge in [-0.3, -0.25) is 4.79 Å². The first kappa shape index (κ1) is 20.0. The van der Waals surface area contributed by atoms with Crippen molar-refractivity contribution in [3.8, 4) is 11.1 Å². The third-order valence-corrected chi connectivity index (χ3v) is 4.69. The summed E-state index contributed by atoms with van der Waals surface area (Å²) in [6.07, 6.45) is 5.55. The van der Waals surface area contributed by atoms with Gasteiger partial charge in [-0.1, -0.05) is 61.5 Å². The van der Waals surface area contributed by atoms with Crippen LogP contribution in [0.3, 0.4) is 0 Å². The van der Waals surface area contributed by atoms with Crippen LogP contribution in [-0.4, -0.2) is 28.3 Å². The molecular formula is C20H24N2O3S. The molecule has 0 saturated heterocycles. The standard InChI is InChI=1S/C20H24N2O3S/c1-15(2)19(24)25-12-8-3-4-9-13-26-20-21-14-17(18(23)22-20)16-10-6-5-7-11-16/h5-7,10-11,14H,1,3-4,8-9,12-13H2,2H3,(H,21,22,23). The van der Waals surface area contributed by atoms with E-state index in [9.17, 15) is 9.59 Å². The summed E-state index contributed by atoms with van der Waals surface area (Å²) in [6.45, 7) is 5.63. The molecule has 1 aromatic heterocycles. The van der Waals surface area contributed by atoms with E-state index in [4.69, 9.17) is 4.74 Å². The number of aromatic amines is 1. The molecule has 0 radical (unpaired) electrons. The van der Waals surface area contributed by atoms with Gasteiger partial charge in [0.2, 0.25) is 0 Å². The van der Waals surface area contributed by atoms with Crippen molar-refractivity contribution in [3.63, 3.8) is 0 Å². The molecule has 0 aliphatic carbocycles. The minimum atomic E-state index is -0.325. The zero-order valence-corrected chi connectivity index (χ0v) is 15.8. The zero-order chi connectivity index (χ0) is 18.8. The summed E-state index contributed by atoms with van der Waals surface area (Å²) >= 11 is 1.55. The van der Waals surface area contributed by atoms with Crippen molar-refractivity contribution in [3.05, 3.63) is 59.0 Å². The fourth-order valence-electron chi connectivity index (χ4n) is 2.29. The zero-order valence-electron chi connectivity index (χ0n) is 15.0. The van der Waals surface area contributed by atoms with E-state index in [0.717, 1.165) is 37.0 Å². The van der Waals surface area contributed by atoms with Crippen molar-refractivity contribution in [2.45, 2.75) is 37.8 Å². The third kappa shape index (κ3) is 6.52. The lowest BCUT2D eigenvalue weighted by atomic mass is 10.1. The molecular weight excluding hydrogens is 348 g/mol. The normalized spacial score (nSPS) is 10.5. The Kier molecular flexibility index (Phi) is 8.15. The van der Waals surface area contributed by atoms with Gasteiger partial charge in [-0.25, -0.2) is 9.78 Å². The lowest BCUT2D eigenvalue weighted by Crippen LogP contribution is -2.11. The van der Waals surface area contributed by atoms with Crippen molar-refractivity contribution in [2.75, 3.05) is 12.4 Å². The van der Waals surface area contributed by atoms with Crippen LogP contribution >= 0.6 is 11.8 Å². The predicted molar refractivity (Wildman–Crippen MR) is 105 cm³/mol. The molecule has 0 aliphatic heterocycles. The molecule has 0 saturated carbocycles. The molecule has 5 nitrogen and oxygen atoms in total. The Bertz CT molecular complexity index is 787. The molecule has 1 aromatic carbocycles. The minimum Gasteiger partial charge on any atom is -0.462 e. The van der Waals surface area contributed by atoms with Gasteiger partial charge in [-0.15, -0.1) is 0 Å². The maximum Gasteiger partial charge on any atom is 0.333 e. The smallest absolute Gasteiger partial charge is 0.333 e. The quantitative estimate of drug-likeness (QED) is 0.222. The largest absolute Gasteiger partial charge is 0.462 e. The number of rotatable bonds is 10. The molecule has 0 amide bonds. The molecule has 0 unspecified atom stereocenters. The van der Waals surface area contributed by atoms with Gasteiger partial charge in [0.15, 0.2) is 5.16 Å². The van der Waals surface area contributed by atoms with Gasteiger partial charge in [0, 0.05) is 17.5 Å². The molecule has 0 aliphatic rings. The van der Waals surface area contributed by atoms with Crippen LogP contribution < -0.4 is 5.56 Å². The van der Waals surface area contributed by atoms with Gasteiger partial charge in [-0.05, 0) is 25.3 Å². The second-order valence-corrected chi connectivity index (χ2v) is 7.06. The number of H-pyrrole nitrogens is 1. The molecule has 2 aromatic rings. The van der Waals surface area contributed by atoms with Gasteiger partial charge < -0.3 is 9.72 Å². The van der Waals surface area contributed by atoms with Crippen LogP contribution in [0, 0.1) is 0 Å². The van der Waals surface area contributed by atoms with Gasteiger partial charge in [0.25, 0.3) is 5.56 Å². The minimum absolute atomic E-state index is 0.118. The van der Waals surface area contributed by atoms with Gasteiger partial charge in [0.05, 0.1) is 12.2 Å². The molecule has 0 atom stereocenters. The summed E-state index contributed by atoms with van der Waals surface area (Å²) < 4.78 is 5.05. The number of aromatic nitrogens is 2. The Hall–Kier alpha value is -2.34. The van der Waals surface area contributed by atoms with Crippen LogP contribution in [-0.2, 0) is 9.53 Å². The highest BCUT2D eigenvalue weighted by atomic mass is 32.2. The summed E-state index contributed by atoms with van der Waals surface area (Å²) in [7, 11) is 0. The Morgan fingerprint density at radius 1 is 1.19 bits per heavy atom.